The van der Waals surface area contributed by atoms with Crippen molar-refractivity contribution in [2.75, 3.05) is 25.2 Å². The molecule has 1 saturated heterocycles. The lowest BCUT2D eigenvalue weighted by molar-refractivity contribution is -0.140. The molecule has 3 amide bonds. The normalized spacial score (nSPS) is 19.9. The zero-order chi connectivity index (χ0) is 25.9. The van der Waals surface area contributed by atoms with E-state index in [1.165, 1.54) is 30.0 Å². The molecule has 1 aromatic heterocycles. The summed E-state index contributed by atoms with van der Waals surface area (Å²) in [6.07, 6.45) is 2.01. The van der Waals surface area contributed by atoms with Crippen LogP contribution in [0.2, 0.25) is 0 Å². The highest BCUT2D eigenvalue weighted by molar-refractivity contribution is 6.05. The smallest absolute Gasteiger partial charge is 0.410 e. The van der Waals surface area contributed by atoms with Crippen molar-refractivity contribution in [2.45, 2.75) is 70.7 Å². The van der Waals surface area contributed by atoms with Crippen LogP contribution in [-0.2, 0) is 30.3 Å². The van der Waals surface area contributed by atoms with Crippen LogP contribution < -0.4 is 10.2 Å². The van der Waals surface area contributed by atoms with Gasteiger partial charge in [-0.2, -0.15) is 0 Å². The second kappa shape index (κ2) is 10.6. The molecule has 3 atom stereocenters. The van der Waals surface area contributed by atoms with E-state index in [-0.39, 0.29) is 18.2 Å². The molecule has 0 spiro atoms. The van der Waals surface area contributed by atoms with Crippen LogP contribution in [-0.4, -0.2) is 82.9 Å². The van der Waals surface area contributed by atoms with E-state index >= 15 is 0 Å². The fourth-order valence-electron chi connectivity index (χ4n) is 4.23. The van der Waals surface area contributed by atoms with Gasteiger partial charge in [-0.05, 0) is 58.1 Å². The molecule has 0 aliphatic carbocycles. The number of nitrogens with zero attached hydrogens (tertiary/aromatic N) is 3. The van der Waals surface area contributed by atoms with Gasteiger partial charge in [0.15, 0.2) is 0 Å². The molecule has 11 nitrogen and oxygen atoms in total. The monoisotopic (exact) mass is 490 g/mol. The number of ether oxygens (including phenoxy) is 2. The molecule has 3 heterocycles. The number of fused-ring (bicyclic) bond motifs is 1. The Morgan fingerprint density at radius 3 is 2.51 bits per heavy atom. The largest absolute Gasteiger partial charge is 0.480 e. The maximum atomic E-state index is 13.8. The Balaban J connectivity index is 1.85. The Hall–Kier alpha value is -3.21. The minimum Gasteiger partial charge on any atom is -0.480 e. The first-order chi connectivity index (χ1) is 16.4. The molecule has 11 heteroatoms. The van der Waals surface area contributed by atoms with E-state index in [1.807, 2.05) is 0 Å². The maximum Gasteiger partial charge on any atom is 0.410 e. The summed E-state index contributed by atoms with van der Waals surface area (Å²) in [6.45, 7) is 7.57. The zero-order valence-electron chi connectivity index (χ0n) is 20.8. The van der Waals surface area contributed by atoms with Gasteiger partial charge in [0.25, 0.3) is 5.91 Å². The van der Waals surface area contributed by atoms with Crippen LogP contribution in [0, 0.1) is 5.92 Å². The predicted molar refractivity (Wildman–Crippen MR) is 126 cm³/mol. The molecule has 0 bridgehead atoms. The standard InChI is InChI=1S/C24H34N4O7/c1-14(27(5)23(33)35-24(2,3)4)20(29)26-18(15-8-11-34-12-9-15)21(30)28-17(22(31)32)13-16-7-6-10-25-19(16)28/h6-7,10,14-15,17-18H,8-9,11-13H2,1-5H3,(H,26,29)(H,31,32)/t14-,17-,18-/m0/s1. The number of aromatic nitrogens is 1. The van der Waals surface area contributed by atoms with Gasteiger partial charge < -0.3 is 19.9 Å². The summed E-state index contributed by atoms with van der Waals surface area (Å²) < 4.78 is 10.8. The van der Waals surface area contributed by atoms with E-state index in [0.717, 1.165) is 0 Å². The number of likely N-dealkylation sites (N-methyl/N-ethyl adjacent to an activating group) is 1. The minimum absolute atomic E-state index is 0.135. The number of aliphatic carboxylic acids is 1. The number of hydrogen-bond acceptors (Lipinski definition) is 7. The topological polar surface area (TPSA) is 138 Å². The van der Waals surface area contributed by atoms with E-state index < -0.39 is 47.6 Å². The first-order valence-electron chi connectivity index (χ1n) is 11.7. The van der Waals surface area contributed by atoms with Gasteiger partial charge in [-0.1, -0.05) is 6.07 Å². The third-order valence-corrected chi connectivity index (χ3v) is 6.29. The molecule has 1 fully saturated rings. The van der Waals surface area contributed by atoms with Gasteiger partial charge in [0.05, 0.1) is 0 Å². The number of rotatable bonds is 6. The summed E-state index contributed by atoms with van der Waals surface area (Å²) in [5.74, 6) is -2.21. The molecule has 2 aliphatic heterocycles. The lowest BCUT2D eigenvalue weighted by Crippen LogP contribution is -2.59. The summed E-state index contributed by atoms with van der Waals surface area (Å²) in [7, 11) is 1.45. The Labute approximate surface area is 204 Å². The number of pyridine rings is 1. The van der Waals surface area contributed by atoms with Crippen LogP contribution >= 0.6 is 0 Å². The first-order valence-corrected chi connectivity index (χ1v) is 11.7. The average molecular weight is 491 g/mol. The number of carboxylic acids is 1. The number of amides is 3. The molecule has 2 aliphatic rings. The van der Waals surface area contributed by atoms with Crippen molar-refractivity contribution in [2.24, 2.45) is 5.92 Å². The number of anilines is 1. The molecule has 0 saturated carbocycles. The van der Waals surface area contributed by atoms with E-state index in [2.05, 4.69) is 10.3 Å². The van der Waals surface area contributed by atoms with Crippen molar-refractivity contribution in [3.63, 3.8) is 0 Å². The van der Waals surface area contributed by atoms with Gasteiger partial charge in [0, 0.05) is 32.9 Å². The Bertz CT molecular complexity index is 971. The number of carboxylic acid groups (broad SMARTS) is 1. The highest BCUT2D eigenvalue weighted by Gasteiger charge is 2.45. The molecular weight excluding hydrogens is 456 g/mol. The van der Waals surface area contributed by atoms with E-state index in [9.17, 15) is 24.3 Å². The molecule has 3 rings (SSSR count). The second-order valence-corrected chi connectivity index (χ2v) is 9.96. The lowest BCUT2D eigenvalue weighted by atomic mass is 9.90. The van der Waals surface area contributed by atoms with Crippen LogP contribution in [0.25, 0.3) is 0 Å². The van der Waals surface area contributed by atoms with Crippen molar-refractivity contribution >= 4 is 29.7 Å². The van der Waals surface area contributed by atoms with Gasteiger partial charge in [0.2, 0.25) is 5.91 Å². The predicted octanol–water partition coefficient (Wildman–Crippen LogP) is 1.59. The second-order valence-electron chi connectivity index (χ2n) is 9.96. The Kier molecular flexibility index (Phi) is 7.99. The average Bonchev–Trinajstić information content (AvgIpc) is 3.20. The maximum absolute atomic E-state index is 13.8. The van der Waals surface area contributed by atoms with Gasteiger partial charge >= 0.3 is 12.1 Å². The number of hydrogen-bond donors (Lipinski definition) is 2. The van der Waals surface area contributed by atoms with Crippen molar-refractivity contribution in [3.05, 3.63) is 23.9 Å². The number of carbonyl (C=O) groups is 4. The van der Waals surface area contributed by atoms with Crippen LogP contribution in [0.4, 0.5) is 10.6 Å². The fraction of sp³-hybridized carbons (Fsp3) is 0.625. The molecule has 0 aromatic carbocycles. The van der Waals surface area contributed by atoms with Crippen molar-refractivity contribution < 1.29 is 33.8 Å². The Morgan fingerprint density at radius 1 is 1.26 bits per heavy atom. The summed E-state index contributed by atoms with van der Waals surface area (Å²) in [4.78, 5) is 58.1. The molecule has 192 valence electrons. The number of nitrogens with one attached hydrogen (secondary N) is 1. The van der Waals surface area contributed by atoms with Crippen LogP contribution in [0.3, 0.4) is 0 Å². The Morgan fingerprint density at radius 2 is 1.91 bits per heavy atom. The van der Waals surface area contributed by atoms with Gasteiger partial charge in [-0.15, -0.1) is 0 Å². The van der Waals surface area contributed by atoms with Crippen LogP contribution in [0.15, 0.2) is 18.3 Å². The van der Waals surface area contributed by atoms with Crippen LogP contribution in [0.1, 0.15) is 46.1 Å². The van der Waals surface area contributed by atoms with Crippen molar-refractivity contribution in [3.8, 4) is 0 Å². The fourth-order valence-corrected chi connectivity index (χ4v) is 4.23. The first kappa shape index (κ1) is 26.4. The van der Waals surface area contributed by atoms with E-state index in [0.29, 0.717) is 31.6 Å². The summed E-state index contributed by atoms with van der Waals surface area (Å²) in [5, 5.41) is 12.6. The van der Waals surface area contributed by atoms with Crippen LogP contribution in [0.5, 0.6) is 0 Å². The molecule has 0 radical (unpaired) electrons. The summed E-state index contributed by atoms with van der Waals surface area (Å²) in [5.41, 5.74) is -0.0762. The third-order valence-electron chi connectivity index (χ3n) is 6.29. The van der Waals surface area contributed by atoms with Gasteiger partial charge in [-0.3, -0.25) is 19.4 Å². The minimum atomic E-state index is -1.15. The SMILES string of the molecule is C[C@@H](C(=O)N[C@H](C(=O)N1c2ncccc2C[C@H]1C(=O)O)C1CCOCC1)N(C)C(=O)OC(C)(C)C. The quantitative estimate of drug-likeness (QED) is 0.613. The third kappa shape index (κ3) is 6.08. The van der Waals surface area contributed by atoms with Crippen molar-refractivity contribution in [1.82, 2.24) is 15.2 Å². The highest BCUT2D eigenvalue weighted by Crippen LogP contribution is 2.32. The number of carbonyl (C=O) groups excluding carboxylic acids is 3. The summed E-state index contributed by atoms with van der Waals surface area (Å²) >= 11 is 0. The van der Waals surface area contributed by atoms with Crippen molar-refractivity contribution in [1.29, 1.82) is 0 Å². The van der Waals surface area contributed by atoms with E-state index in [4.69, 9.17) is 9.47 Å². The van der Waals surface area contributed by atoms with Gasteiger partial charge in [0.1, 0.15) is 29.5 Å². The van der Waals surface area contributed by atoms with Gasteiger partial charge in [-0.25, -0.2) is 14.6 Å². The molecule has 0 unspecified atom stereocenters. The zero-order valence-corrected chi connectivity index (χ0v) is 20.8. The summed E-state index contributed by atoms with van der Waals surface area (Å²) in [6, 6.07) is 0.381. The highest BCUT2D eigenvalue weighted by atomic mass is 16.6. The molecule has 2 N–H and O–H groups in total. The molecular formula is C24H34N4O7. The molecule has 1 aromatic rings. The molecule has 35 heavy (non-hydrogen) atoms. The van der Waals surface area contributed by atoms with E-state index in [1.54, 1.807) is 32.9 Å². The lowest BCUT2D eigenvalue weighted by Gasteiger charge is -2.35.